The van der Waals surface area contributed by atoms with E-state index >= 15 is 0 Å². The molecule has 2 N–H and O–H groups in total. The van der Waals surface area contributed by atoms with Crippen LogP contribution in [0.2, 0.25) is 0 Å². The molecule has 2 heterocycles. The lowest BCUT2D eigenvalue weighted by atomic mass is 9.96. The summed E-state index contributed by atoms with van der Waals surface area (Å²) in [5.74, 6) is -0.540. The van der Waals surface area contributed by atoms with Crippen molar-refractivity contribution in [3.63, 3.8) is 0 Å². The number of carbonyl (C=O) groups excluding carboxylic acids is 2. The molecule has 1 aromatic carbocycles. The maximum atomic E-state index is 13.0. The maximum absolute atomic E-state index is 13.0. The summed E-state index contributed by atoms with van der Waals surface area (Å²) < 4.78 is 32.3. The van der Waals surface area contributed by atoms with E-state index < -0.39 is 10.0 Å². The van der Waals surface area contributed by atoms with Crippen molar-refractivity contribution in [1.82, 2.24) is 9.21 Å². The van der Waals surface area contributed by atoms with Gasteiger partial charge in [-0.05, 0) is 43.9 Å². The SMILES string of the molecule is COc1ccc(S(=O)(=O)N2CCCC2)cc1C(=O)N1CCC(C(N)=O)CC1. The van der Waals surface area contributed by atoms with Crippen molar-refractivity contribution in [3.05, 3.63) is 23.8 Å². The van der Waals surface area contributed by atoms with Gasteiger partial charge in [0.15, 0.2) is 0 Å². The van der Waals surface area contributed by atoms with Crippen molar-refractivity contribution in [2.45, 2.75) is 30.6 Å². The highest BCUT2D eigenvalue weighted by Gasteiger charge is 2.31. The lowest BCUT2D eigenvalue weighted by Gasteiger charge is -2.31. The van der Waals surface area contributed by atoms with Crippen molar-refractivity contribution in [2.75, 3.05) is 33.3 Å². The number of amides is 2. The first kappa shape index (κ1) is 19.6. The van der Waals surface area contributed by atoms with E-state index in [1.807, 2.05) is 0 Å². The Labute approximate surface area is 159 Å². The first-order chi connectivity index (χ1) is 12.8. The van der Waals surface area contributed by atoms with E-state index in [4.69, 9.17) is 10.5 Å². The Bertz CT molecular complexity index is 825. The summed E-state index contributed by atoms with van der Waals surface area (Å²) >= 11 is 0. The van der Waals surface area contributed by atoms with Crippen LogP contribution in [0, 0.1) is 5.92 Å². The molecule has 8 nitrogen and oxygen atoms in total. The van der Waals surface area contributed by atoms with Gasteiger partial charge in [0.05, 0.1) is 17.6 Å². The van der Waals surface area contributed by atoms with Crippen molar-refractivity contribution >= 4 is 21.8 Å². The first-order valence-corrected chi connectivity index (χ1v) is 10.6. The number of piperidine rings is 1. The number of hydrogen-bond donors (Lipinski definition) is 1. The Hall–Kier alpha value is -2.13. The number of methoxy groups -OCH3 is 1. The summed E-state index contributed by atoms with van der Waals surface area (Å²) in [7, 11) is -2.18. The number of nitrogens with zero attached hydrogens (tertiary/aromatic N) is 2. The highest BCUT2D eigenvalue weighted by molar-refractivity contribution is 7.89. The van der Waals surface area contributed by atoms with Gasteiger partial charge in [0, 0.05) is 32.1 Å². The molecule has 0 bridgehead atoms. The van der Waals surface area contributed by atoms with E-state index in [0.717, 1.165) is 12.8 Å². The second kappa shape index (κ2) is 7.85. The van der Waals surface area contributed by atoms with Gasteiger partial charge in [-0.3, -0.25) is 9.59 Å². The molecule has 3 rings (SSSR count). The number of benzene rings is 1. The molecule has 0 aromatic heterocycles. The lowest BCUT2D eigenvalue weighted by molar-refractivity contribution is -0.123. The number of hydrogen-bond acceptors (Lipinski definition) is 5. The summed E-state index contributed by atoms with van der Waals surface area (Å²) in [6.07, 6.45) is 2.70. The molecule has 0 atom stereocenters. The van der Waals surface area contributed by atoms with Crippen molar-refractivity contribution in [2.24, 2.45) is 11.7 Å². The minimum absolute atomic E-state index is 0.0978. The number of primary amides is 1. The molecule has 2 saturated heterocycles. The molecule has 148 valence electrons. The summed E-state index contributed by atoms with van der Waals surface area (Å²) in [5.41, 5.74) is 5.56. The number of carbonyl (C=O) groups is 2. The molecule has 2 aliphatic rings. The summed E-state index contributed by atoms with van der Waals surface area (Å²) in [5, 5.41) is 0. The third-order valence-corrected chi connectivity index (χ3v) is 7.18. The molecule has 1 aromatic rings. The van der Waals surface area contributed by atoms with E-state index in [9.17, 15) is 18.0 Å². The average molecular weight is 395 g/mol. The molecule has 0 saturated carbocycles. The second-order valence-electron chi connectivity index (χ2n) is 6.94. The smallest absolute Gasteiger partial charge is 0.257 e. The van der Waals surface area contributed by atoms with Crippen molar-refractivity contribution < 1.29 is 22.7 Å². The van der Waals surface area contributed by atoms with Crippen LogP contribution in [0.4, 0.5) is 0 Å². The Balaban J connectivity index is 1.86. The maximum Gasteiger partial charge on any atom is 0.257 e. The van der Waals surface area contributed by atoms with Crippen LogP contribution in [-0.4, -0.2) is 62.7 Å². The summed E-state index contributed by atoms with van der Waals surface area (Å²) in [6.45, 7) is 1.80. The Kier molecular flexibility index (Phi) is 5.71. The fourth-order valence-corrected chi connectivity index (χ4v) is 5.17. The summed E-state index contributed by atoms with van der Waals surface area (Å²) in [6, 6.07) is 4.39. The molecule has 0 radical (unpaired) electrons. The zero-order valence-corrected chi connectivity index (χ0v) is 16.2. The molecular weight excluding hydrogens is 370 g/mol. The summed E-state index contributed by atoms with van der Waals surface area (Å²) in [4.78, 5) is 26.0. The number of sulfonamides is 1. The van der Waals surface area contributed by atoms with Gasteiger partial charge in [-0.1, -0.05) is 0 Å². The minimum Gasteiger partial charge on any atom is -0.496 e. The Morgan fingerprint density at radius 3 is 2.30 bits per heavy atom. The fraction of sp³-hybridized carbons (Fsp3) is 0.556. The van der Waals surface area contributed by atoms with E-state index in [1.54, 1.807) is 4.90 Å². The second-order valence-corrected chi connectivity index (χ2v) is 8.88. The van der Waals surface area contributed by atoms with E-state index in [0.29, 0.717) is 44.8 Å². The quantitative estimate of drug-likeness (QED) is 0.794. The Morgan fingerprint density at radius 2 is 1.74 bits per heavy atom. The van der Waals surface area contributed by atoms with Crippen LogP contribution in [0.1, 0.15) is 36.0 Å². The molecule has 9 heteroatoms. The zero-order chi connectivity index (χ0) is 19.6. The third-order valence-electron chi connectivity index (χ3n) is 5.29. The van der Waals surface area contributed by atoms with E-state index in [-0.39, 0.29) is 28.2 Å². The standard InChI is InChI=1S/C18H25N3O5S/c1-26-16-5-4-14(27(24,25)21-8-2-3-9-21)12-15(16)18(23)20-10-6-13(7-11-20)17(19)22/h4-5,12-13H,2-3,6-11H2,1H3,(H2,19,22). The van der Waals surface area contributed by atoms with Gasteiger partial charge >= 0.3 is 0 Å². The average Bonchev–Trinajstić information content (AvgIpc) is 3.22. The van der Waals surface area contributed by atoms with Gasteiger partial charge in [0.1, 0.15) is 5.75 Å². The number of likely N-dealkylation sites (tertiary alicyclic amines) is 1. The largest absolute Gasteiger partial charge is 0.496 e. The topological polar surface area (TPSA) is 110 Å². The predicted molar refractivity (Wildman–Crippen MR) is 98.8 cm³/mol. The molecule has 2 fully saturated rings. The van der Waals surface area contributed by atoms with Crippen LogP contribution in [0.5, 0.6) is 5.75 Å². The molecule has 0 unspecified atom stereocenters. The van der Waals surface area contributed by atoms with Gasteiger partial charge in [-0.2, -0.15) is 4.31 Å². The number of nitrogens with two attached hydrogens (primary N) is 1. The molecular formula is C18H25N3O5S. The molecule has 27 heavy (non-hydrogen) atoms. The van der Waals surface area contributed by atoms with Gasteiger partial charge in [0.25, 0.3) is 5.91 Å². The lowest BCUT2D eigenvalue weighted by Crippen LogP contribution is -2.41. The van der Waals surface area contributed by atoms with Gasteiger partial charge < -0.3 is 15.4 Å². The first-order valence-electron chi connectivity index (χ1n) is 9.11. The highest BCUT2D eigenvalue weighted by Crippen LogP contribution is 2.28. The Morgan fingerprint density at radius 1 is 1.11 bits per heavy atom. The normalized spacial score (nSPS) is 19.2. The van der Waals surface area contributed by atoms with E-state index in [2.05, 4.69) is 0 Å². The predicted octanol–water partition coefficient (Wildman–Crippen LogP) is 0.817. The molecule has 2 amide bonds. The van der Waals surface area contributed by atoms with Crippen molar-refractivity contribution in [3.8, 4) is 5.75 Å². The van der Waals surface area contributed by atoms with Crippen LogP contribution in [0.25, 0.3) is 0 Å². The molecule has 0 spiro atoms. The molecule has 2 aliphatic heterocycles. The minimum atomic E-state index is -3.62. The van der Waals surface area contributed by atoms with Crippen LogP contribution >= 0.6 is 0 Å². The van der Waals surface area contributed by atoms with Crippen LogP contribution < -0.4 is 10.5 Å². The zero-order valence-electron chi connectivity index (χ0n) is 15.4. The highest BCUT2D eigenvalue weighted by atomic mass is 32.2. The molecule has 0 aliphatic carbocycles. The fourth-order valence-electron chi connectivity index (χ4n) is 3.63. The number of rotatable bonds is 5. The van der Waals surface area contributed by atoms with Crippen LogP contribution in [-0.2, 0) is 14.8 Å². The van der Waals surface area contributed by atoms with Crippen LogP contribution in [0.15, 0.2) is 23.1 Å². The van der Waals surface area contributed by atoms with Crippen molar-refractivity contribution in [1.29, 1.82) is 0 Å². The van der Waals surface area contributed by atoms with Gasteiger partial charge in [-0.25, -0.2) is 8.42 Å². The van der Waals surface area contributed by atoms with Crippen LogP contribution in [0.3, 0.4) is 0 Å². The number of ether oxygens (including phenoxy) is 1. The monoisotopic (exact) mass is 395 g/mol. The third kappa shape index (κ3) is 3.93. The van der Waals surface area contributed by atoms with E-state index in [1.165, 1.54) is 29.6 Å². The van der Waals surface area contributed by atoms with Gasteiger partial charge in [-0.15, -0.1) is 0 Å². The van der Waals surface area contributed by atoms with Gasteiger partial charge in [0.2, 0.25) is 15.9 Å².